The number of aromatic nitrogens is 4. The number of carbonyl (C=O) groups excluding carboxylic acids is 1. The van der Waals surface area contributed by atoms with Gasteiger partial charge >= 0.3 is 0 Å². The first kappa shape index (κ1) is 14.1. The monoisotopic (exact) mass is 288 g/mol. The second kappa shape index (κ2) is 6.77. The number of halogens is 1. The third kappa shape index (κ3) is 3.61. The minimum absolute atomic E-state index is 0.247. The van der Waals surface area contributed by atoms with Gasteiger partial charge in [-0.15, -0.1) is 10.2 Å². The number of rotatable bonds is 6. The van der Waals surface area contributed by atoms with Crippen LogP contribution in [0, 0.1) is 0 Å². The topological polar surface area (TPSA) is 71.5 Å². The fourth-order valence-corrected chi connectivity index (χ4v) is 1.83. The normalized spacial score (nSPS) is 10.8. The van der Waals surface area contributed by atoms with E-state index in [0.29, 0.717) is 23.6 Å². The lowest BCUT2D eigenvalue weighted by molar-refractivity contribution is 0.111. The zero-order valence-corrected chi connectivity index (χ0v) is 11.5. The molecule has 2 aromatic heterocycles. The van der Waals surface area contributed by atoms with Crippen molar-refractivity contribution < 1.29 is 4.79 Å². The number of aldehydes is 1. The molecule has 0 bridgehead atoms. The first-order valence-electron chi connectivity index (χ1n) is 6.04. The second-order valence-electron chi connectivity index (χ2n) is 4.05. The molecule has 20 heavy (non-hydrogen) atoms. The fourth-order valence-electron chi connectivity index (χ4n) is 1.66. The van der Waals surface area contributed by atoms with E-state index in [4.69, 9.17) is 11.6 Å². The third-order valence-electron chi connectivity index (χ3n) is 2.62. The molecule has 0 aliphatic rings. The number of allylic oxidation sites excluding steroid dienone is 1. The van der Waals surface area contributed by atoms with E-state index >= 15 is 0 Å². The Bertz CT molecular complexity index is 648. The lowest BCUT2D eigenvalue weighted by atomic mass is 10.1. The van der Waals surface area contributed by atoms with Crippen LogP contribution in [0.5, 0.6) is 0 Å². The number of pyridine rings is 1. The summed E-state index contributed by atoms with van der Waals surface area (Å²) in [5.41, 5.74) is 1.70. The molecule has 6 heteroatoms. The van der Waals surface area contributed by atoms with Crippen LogP contribution in [0.25, 0.3) is 12.2 Å². The summed E-state index contributed by atoms with van der Waals surface area (Å²) in [5, 5.41) is 8.11. The number of aromatic amines is 1. The van der Waals surface area contributed by atoms with E-state index in [-0.39, 0.29) is 5.82 Å². The maximum Gasteiger partial charge on any atom is 0.194 e. The van der Waals surface area contributed by atoms with Gasteiger partial charge in [0.1, 0.15) is 5.82 Å². The van der Waals surface area contributed by atoms with Gasteiger partial charge in [-0.05, 0) is 18.6 Å². The molecule has 2 aromatic rings. The van der Waals surface area contributed by atoms with Crippen LogP contribution in [0.3, 0.4) is 0 Å². The quantitative estimate of drug-likeness (QED) is 0.830. The summed E-state index contributed by atoms with van der Waals surface area (Å²) < 4.78 is 0. The first-order valence-corrected chi connectivity index (χ1v) is 6.42. The number of carbonyl (C=O) groups is 1. The largest absolute Gasteiger partial charge is 0.323 e. The fraction of sp³-hybridized carbons (Fsp3) is 0.143. The highest BCUT2D eigenvalue weighted by Gasteiger charge is 2.01. The zero-order chi connectivity index (χ0) is 14.4. The Morgan fingerprint density at radius 3 is 2.95 bits per heavy atom. The van der Waals surface area contributed by atoms with Crippen LogP contribution in [0.2, 0.25) is 5.02 Å². The molecule has 0 radical (unpaired) electrons. The van der Waals surface area contributed by atoms with Crippen LogP contribution in [0.15, 0.2) is 24.9 Å². The SMILES string of the molecule is C=Cc1cc(Cl)cnc1/C=C\CCc1nnc(C=O)[nH]1. The number of H-pyrrole nitrogens is 1. The van der Waals surface area contributed by atoms with E-state index in [1.165, 1.54) is 0 Å². The average Bonchev–Trinajstić information content (AvgIpc) is 2.92. The highest BCUT2D eigenvalue weighted by molar-refractivity contribution is 6.30. The molecule has 0 atom stereocenters. The Morgan fingerprint density at radius 2 is 2.25 bits per heavy atom. The molecule has 0 fully saturated rings. The Balaban J connectivity index is 1.96. The van der Waals surface area contributed by atoms with Crippen LogP contribution >= 0.6 is 11.6 Å². The molecule has 0 saturated heterocycles. The van der Waals surface area contributed by atoms with Crippen LogP contribution in [-0.4, -0.2) is 26.5 Å². The lowest BCUT2D eigenvalue weighted by Gasteiger charge is -2.00. The maximum atomic E-state index is 10.5. The first-order chi connectivity index (χ1) is 9.72. The summed E-state index contributed by atoms with van der Waals surface area (Å²) >= 11 is 5.87. The van der Waals surface area contributed by atoms with Crippen molar-refractivity contribution in [3.63, 3.8) is 0 Å². The van der Waals surface area contributed by atoms with Crippen molar-refractivity contribution in [2.45, 2.75) is 12.8 Å². The molecule has 2 heterocycles. The van der Waals surface area contributed by atoms with Gasteiger partial charge in [-0.1, -0.05) is 30.3 Å². The van der Waals surface area contributed by atoms with E-state index in [1.54, 1.807) is 12.3 Å². The summed E-state index contributed by atoms with van der Waals surface area (Å²) in [4.78, 5) is 17.5. The van der Waals surface area contributed by atoms with E-state index in [1.807, 2.05) is 18.2 Å². The number of nitrogens with zero attached hydrogens (tertiary/aromatic N) is 3. The maximum absolute atomic E-state index is 10.5. The van der Waals surface area contributed by atoms with Crippen LogP contribution in [0.4, 0.5) is 0 Å². The van der Waals surface area contributed by atoms with Crippen molar-refractivity contribution in [3.05, 3.63) is 52.8 Å². The van der Waals surface area contributed by atoms with Gasteiger partial charge in [-0.3, -0.25) is 9.78 Å². The predicted octanol–water partition coefficient (Wildman–Crippen LogP) is 2.95. The molecule has 0 spiro atoms. The summed E-state index contributed by atoms with van der Waals surface area (Å²) in [5.74, 6) is 0.932. The van der Waals surface area contributed by atoms with Gasteiger partial charge in [0.2, 0.25) is 0 Å². The Hall–Kier alpha value is -2.27. The molecule has 5 nitrogen and oxygen atoms in total. The van der Waals surface area contributed by atoms with Crippen molar-refractivity contribution >= 4 is 30.0 Å². The summed E-state index contributed by atoms with van der Waals surface area (Å²) in [6, 6.07) is 1.81. The Morgan fingerprint density at radius 1 is 1.40 bits per heavy atom. The van der Waals surface area contributed by atoms with Gasteiger partial charge in [-0.2, -0.15) is 0 Å². The summed E-state index contributed by atoms with van der Waals surface area (Å²) in [7, 11) is 0. The molecule has 0 aromatic carbocycles. The number of nitrogens with one attached hydrogen (secondary N) is 1. The molecule has 0 unspecified atom stereocenters. The van der Waals surface area contributed by atoms with Crippen LogP contribution in [0.1, 0.15) is 34.1 Å². The van der Waals surface area contributed by atoms with Crippen LogP contribution < -0.4 is 0 Å². The van der Waals surface area contributed by atoms with Gasteiger partial charge in [0.05, 0.1) is 10.7 Å². The summed E-state index contributed by atoms with van der Waals surface area (Å²) in [6.45, 7) is 3.73. The van der Waals surface area contributed by atoms with E-state index in [0.717, 1.165) is 17.7 Å². The standard InChI is InChI=1S/C14H13ClN4O/c1-2-10-7-11(15)8-16-12(10)5-3-4-6-13-17-14(9-20)19-18-13/h2-3,5,7-9H,1,4,6H2,(H,17,18,19)/b5-3-. The van der Waals surface area contributed by atoms with E-state index < -0.39 is 0 Å². The van der Waals surface area contributed by atoms with Gasteiger partial charge in [-0.25, -0.2) is 0 Å². The highest BCUT2D eigenvalue weighted by Crippen LogP contribution is 2.15. The highest BCUT2D eigenvalue weighted by atomic mass is 35.5. The Kier molecular flexibility index (Phi) is 4.79. The molecule has 1 N–H and O–H groups in total. The average molecular weight is 289 g/mol. The van der Waals surface area contributed by atoms with Gasteiger partial charge in [0.15, 0.2) is 12.1 Å². The molecule has 102 valence electrons. The van der Waals surface area contributed by atoms with E-state index in [2.05, 4.69) is 26.7 Å². The minimum Gasteiger partial charge on any atom is -0.323 e. The minimum atomic E-state index is 0.247. The molecule has 0 saturated carbocycles. The van der Waals surface area contributed by atoms with Gasteiger partial charge in [0, 0.05) is 18.2 Å². The number of aryl methyl sites for hydroxylation is 1. The van der Waals surface area contributed by atoms with Gasteiger partial charge in [0.25, 0.3) is 0 Å². The molecule has 0 aliphatic carbocycles. The third-order valence-corrected chi connectivity index (χ3v) is 2.83. The number of hydrogen-bond donors (Lipinski definition) is 1. The van der Waals surface area contributed by atoms with Gasteiger partial charge < -0.3 is 4.98 Å². The molecule has 2 rings (SSSR count). The van der Waals surface area contributed by atoms with E-state index in [9.17, 15) is 4.79 Å². The smallest absolute Gasteiger partial charge is 0.194 e. The van der Waals surface area contributed by atoms with Crippen molar-refractivity contribution in [2.24, 2.45) is 0 Å². The van der Waals surface area contributed by atoms with Crippen molar-refractivity contribution in [3.8, 4) is 0 Å². The summed E-state index contributed by atoms with van der Waals surface area (Å²) in [6.07, 6.45) is 9.27. The zero-order valence-electron chi connectivity index (χ0n) is 10.7. The van der Waals surface area contributed by atoms with Crippen LogP contribution in [-0.2, 0) is 6.42 Å². The van der Waals surface area contributed by atoms with Crippen molar-refractivity contribution in [2.75, 3.05) is 0 Å². The number of hydrogen-bond acceptors (Lipinski definition) is 4. The predicted molar refractivity (Wildman–Crippen MR) is 78.5 cm³/mol. The van der Waals surface area contributed by atoms with Crippen molar-refractivity contribution in [1.82, 2.24) is 20.2 Å². The lowest BCUT2D eigenvalue weighted by Crippen LogP contribution is -1.88. The molecule has 0 amide bonds. The molecular formula is C14H13ClN4O. The molecule has 0 aliphatic heterocycles. The molecular weight excluding hydrogens is 276 g/mol. The van der Waals surface area contributed by atoms with Crippen molar-refractivity contribution in [1.29, 1.82) is 0 Å². The second-order valence-corrected chi connectivity index (χ2v) is 4.48. The Labute approximate surface area is 121 Å².